The van der Waals surface area contributed by atoms with Crippen LogP contribution < -0.4 is 5.32 Å². The summed E-state index contributed by atoms with van der Waals surface area (Å²) in [5, 5.41) is 3.47. The molecule has 2 amide bonds. The number of carbonyl (C=O) groups is 2. The topological polar surface area (TPSA) is 71.8 Å². The zero-order chi connectivity index (χ0) is 18.4. The molecule has 0 saturated heterocycles. The van der Waals surface area contributed by atoms with E-state index < -0.39 is 5.60 Å². The molecule has 2 aromatic rings. The summed E-state index contributed by atoms with van der Waals surface area (Å²) in [7, 11) is 1.59. The number of ether oxygens (including phenoxy) is 1. The van der Waals surface area contributed by atoms with Crippen LogP contribution in [-0.4, -0.2) is 36.1 Å². The largest absolute Gasteiger partial charge is 0.460 e. The maximum atomic E-state index is 12.4. The Bertz CT molecular complexity index is 851. The zero-order valence-electron chi connectivity index (χ0n) is 14.7. The third-order valence-electron chi connectivity index (χ3n) is 4.02. The molecule has 1 aliphatic heterocycles. The molecule has 134 valence electrons. The summed E-state index contributed by atoms with van der Waals surface area (Å²) in [6, 6.07) is 3.66. The van der Waals surface area contributed by atoms with E-state index in [1.54, 1.807) is 18.0 Å². The fourth-order valence-corrected chi connectivity index (χ4v) is 3.39. The van der Waals surface area contributed by atoms with Crippen molar-refractivity contribution in [1.82, 2.24) is 10.2 Å². The van der Waals surface area contributed by atoms with Gasteiger partial charge in [-0.25, -0.2) is 4.79 Å². The molecule has 0 aliphatic carbocycles. The van der Waals surface area contributed by atoms with Crippen molar-refractivity contribution in [1.29, 1.82) is 0 Å². The van der Waals surface area contributed by atoms with Crippen molar-refractivity contribution in [2.24, 2.45) is 0 Å². The average Bonchev–Trinajstić information content (AvgIpc) is 2.89. The molecular formula is C18H21BrN2O4. The van der Waals surface area contributed by atoms with Crippen LogP contribution in [-0.2, 0) is 17.7 Å². The second-order valence-electron chi connectivity index (χ2n) is 7.06. The summed E-state index contributed by atoms with van der Waals surface area (Å²) in [6.07, 6.45) is 0.252. The second-order valence-corrected chi connectivity index (χ2v) is 7.98. The third kappa shape index (κ3) is 3.51. The van der Waals surface area contributed by atoms with Crippen LogP contribution in [0, 0.1) is 0 Å². The highest BCUT2D eigenvalue weighted by Gasteiger charge is 2.30. The molecule has 3 rings (SSSR count). The normalized spacial score (nSPS) is 14.4. The summed E-state index contributed by atoms with van der Waals surface area (Å²) in [5.41, 5.74) is 1.42. The zero-order valence-corrected chi connectivity index (χ0v) is 16.3. The number of furan rings is 1. The monoisotopic (exact) mass is 408 g/mol. The predicted octanol–water partition coefficient (Wildman–Crippen LogP) is 3.85. The molecule has 2 heterocycles. The van der Waals surface area contributed by atoms with Gasteiger partial charge in [-0.15, -0.1) is 0 Å². The maximum Gasteiger partial charge on any atom is 0.410 e. The van der Waals surface area contributed by atoms with Crippen molar-refractivity contribution >= 4 is 38.9 Å². The number of carbonyl (C=O) groups excluding carboxylic acids is 2. The number of hydrogen-bond donors (Lipinski definition) is 1. The van der Waals surface area contributed by atoms with Gasteiger partial charge in [0.1, 0.15) is 16.9 Å². The number of hydrogen-bond acceptors (Lipinski definition) is 4. The Morgan fingerprint density at radius 3 is 2.68 bits per heavy atom. The van der Waals surface area contributed by atoms with Crippen molar-refractivity contribution in [2.45, 2.75) is 39.3 Å². The van der Waals surface area contributed by atoms with Crippen LogP contribution in [0.2, 0.25) is 0 Å². The molecule has 7 heteroatoms. The van der Waals surface area contributed by atoms with E-state index in [4.69, 9.17) is 9.15 Å². The van der Waals surface area contributed by atoms with E-state index in [0.29, 0.717) is 30.7 Å². The van der Waals surface area contributed by atoms with E-state index in [0.717, 1.165) is 21.2 Å². The van der Waals surface area contributed by atoms with Crippen LogP contribution in [0.15, 0.2) is 21.0 Å². The number of nitrogens with zero attached hydrogens (tertiary/aromatic N) is 1. The molecule has 6 nitrogen and oxygen atoms in total. The molecular weight excluding hydrogens is 388 g/mol. The molecule has 0 radical (unpaired) electrons. The van der Waals surface area contributed by atoms with E-state index in [1.807, 2.05) is 26.8 Å². The quantitative estimate of drug-likeness (QED) is 0.777. The Labute approximate surface area is 154 Å². The Morgan fingerprint density at radius 2 is 2.04 bits per heavy atom. The van der Waals surface area contributed by atoms with Gasteiger partial charge in [-0.05, 0) is 32.9 Å². The lowest BCUT2D eigenvalue weighted by molar-refractivity contribution is 0.0220. The maximum absolute atomic E-state index is 12.4. The van der Waals surface area contributed by atoms with Crippen LogP contribution in [0.5, 0.6) is 0 Å². The molecule has 1 aromatic heterocycles. The van der Waals surface area contributed by atoms with Gasteiger partial charge < -0.3 is 19.4 Å². The van der Waals surface area contributed by atoms with Crippen LogP contribution in [0.1, 0.15) is 42.5 Å². The Morgan fingerprint density at radius 1 is 1.32 bits per heavy atom. The van der Waals surface area contributed by atoms with Crippen LogP contribution in [0.4, 0.5) is 4.79 Å². The molecule has 0 atom stereocenters. The minimum Gasteiger partial charge on any atom is -0.460 e. The lowest BCUT2D eigenvalue weighted by Gasteiger charge is -2.29. The van der Waals surface area contributed by atoms with Crippen molar-refractivity contribution < 1.29 is 18.7 Å². The van der Waals surface area contributed by atoms with Gasteiger partial charge in [0.2, 0.25) is 0 Å². The molecule has 0 fully saturated rings. The molecule has 1 N–H and O–H groups in total. The highest BCUT2D eigenvalue weighted by Crippen LogP contribution is 2.35. The van der Waals surface area contributed by atoms with Crippen molar-refractivity contribution in [3.63, 3.8) is 0 Å². The van der Waals surface area contributed by atoms with Gasteiger partial charge in [-0.2, -0.15) is 0 Å². The first-order chi connectivity index (χ1) is 11.7. The molecule has 0 unspecified atom stereocenters. The lowest BCUT2D eigenvalue weighted by Crippen LogP contribution is -2.39. The van der Waals surface area contributed by atoms with E-state index in [1.165, 1.54) is 0 Å². The molecule has 1 aromatic carbocycles. The van der Waals surface area contributed by atoms with E-state index in [9.17, 15) is 9.59 Å². The third-order valence-corrected chi connectivity index (χ3v) is 4.48. The average molecular weight is 409 g/mol. The lowest BCUT2D eigenvalue weighted by atomic mass is 10.0. The first-order valence-electron chi connectivity index (χ1n) is 8.13. The van der Waals surface area contributed by atoms with Gasteiger partial charge in [0.15, 0.2) is 0 Å². The number of benzene rings is 1. The van der Waals surface area contributed by atoms with Gasteiger partial charge in [0.25, 0.3) is 5.91 Å². The summed E-state index contributed by atoms with van der Waals surface area (Å²) in [5.74, 6) is 0.611. The number of amides is 2. The number of halogens is 1. The predicted molar refractivity (Wildman–Crippen MR) is 97.7 cm³/mol. The van der Waals surface area contributed by atoms with Gasteiger partial charge in [-0.3, -0.25) is 4.79 Å². The number of rotatable bonds is 1. The molecule has 0 spiro atoms. The highest BCUT2D eigenvalue weighted by atomic mass is 79.9. The molecule has 0 bridgehead atoms. The Kier molecular flexibility index (Phi) is 4.53. The first-order valence-corrected chi connectivity index (χ1v) is 8.92. The van der Waals surface area contributed by atoms with E-state index >= 15 is 0 Å². The van der Waals surface area contributed by atoms with Crippen LogP contribution >= 0.6 is 15.9 Å². The Balaban J connectivity index is 2.00. The molecule has 25 heavy (non-hydrogen) atoms. The van der Waals surface area contributed by atoms with Crippen molar-refractivity contribution in [3.05, 3.63) is 33.5 Å². The molecule has 1 aliphatic rings. The second kappa shape index (κ2) is 6.37. The van der Waals surface area contributed by atoms with Crippen LogP contribution in [0.25, 0.3) is 11.0 Å². The van der Waals surface area contributed by atoms with Crippen LogP contribution in [0.3, 0.4) is 0 Å². The van der Waals surface area contributed by atoms with Crippen molar-refractivity contribution in [2.75, 3.05) is 13.6 Å². The summed E-state index contributed by atoms with van der Waals surface area (Å²) in [4.78, 5) is 26.2. The van der Waals surface area contributed by atoms with E-state index in [2.05, 4.69) is 21.2 Å². The number of nitrogens with one attached hydrogen (secondary N) is 1. The minimum absolute atomic E-state index is 0.207. The summed E-state index contributed by atoms with van der Waals surface area (Å²) >= 11 is 3.45. The smallest absolute Gasteiger partial charge is 0.410 e. The first kappa shape index (κ1) is 17.8. The molecule has 0 saturated carbocycles. The van der Waals surface area contributed by atoms with Gasteiger partial charge in [-0.1, -0.05) is 15.9 Å². The fourth-order valence-electron chi connectivity index (χ4n) is 2.93. The Hall–Kier alpha value is -2.02. The van der Waals surface area contributed by atoms with Gasteiger partial charge in [0.05, 0.1) is 12.1 Å². The summed E-state index contributed by atoms with van der Waals surface area (Å²) in [6.45, 7) is 6.47. The summed E-state index contributed by atoms with van der Waals surface area (Å²) < 4.78 is 12.2. The van der Waals surface area contributed by atoms with Gasteiger partial charge >= 0.3 is 6.09 Å². The minimum atomic E-state index is -0.536. The fraction of sp³-hybridized carbons (Fsp3) is 0.444. The van der Waals surface area contributed by atoms with Crippen molar-refractivity contribution in [3.8, 4) is 0 Å². The SMILES string of the molecule is CNC(=O)c1cc(Br)cc2c3c(oc12)CCN(C(=O)OC(C)(C)C)C3. The van der Waals surface area contributed by atoms with E-state index in [-0.39, 0.29) is 12.0 Å². The standard InChI is InChI=1S/C18H21BrN2O4/c1-18(2,3)25-17(23)21-6-5-14-13(9-21)11-7-10(19)8-12(15(11)24-14)16(22)20-4/h7-8H,5-6,9H2,1-4H3,(H,20,22). The highest BCUT2D eigenvalue weighted by molar-refractivity contribution is 9.10. The van der Waals surface area contributed by atoms with Gasteiger partial charge in [0, 0.05) is 35.4 Å². The number of fused-ring (bicyclic) bond motifs is 3.